The number of nitrogens with one attached hydrogen (secondary N) is 1. The number of nitrogens with zero attached hydrogens (tertiary/aromatic N) is 1. The fourth-order valence-electron chi connectivity index (χ4n) is 1.29. The predicted octanol–water partition coefficient (Wildman–Crippen LogP) is 2.47. The maximum Gasteiger partial charge on any atom is 0.411 e. The first-order chi connectivity index (χ1) is 8.03. The molecular weight excluding hydrogens is 253 g/mol. The maximum atomic E-state index is 11.8. The molecule has 2 rings (SSSR count). The van der Waals surface area contributed by atoms with Crippen molar-refractivity contribution in [3.8, 4) is 0 Å². The minimum atomic E-state index is -4.27. The van der Waals surface area contributed by atoms with Crippen LogP contribution in [-0.2, 0) is 17.9 Å². The molecule has 1 aromatic heterocycles. The molecule has 7 heteroatoms. The Labute approximate surface area is 101 Å². The molecule has 1 aliphatic rings. The molecule has 1 fully saturated rings. The Morgan fingerprint density at radius 2 is 2.24 bits per heavy atom. The summed E-state index contributed by atoms with van der Waals surface area (Å²) in [5.74, 6) is 0. The molecule has 0 saturated heterocycles. The van der Waals surface area contributed by atoms with Crippen LogP contribution in [0.1, 0.15) is 23.5 Å². The lowest BCUT2D eigenvalue weighted by atomic mass is 10.5. The summed E-state index contributed by atoms with van der Waals surface area (Å²) in [5, 5.41) is 5.92. The summed E-state index contributed by atoms with van der Waals surface area (Å²) >= 11 is 1.44. The van der Waals surface area contributed by atoms with Gasteiger partial charge in [-0.3, -0.25) is 0 Å². The third-order valence-corrected chi connectivity index (χ3v) is 3.13. The first-order valence-corrected chi connectivity index (χ1v) is 6.22. The highest BCUT2D eigenvalue weighted by Crippen LogP contribution is 2.20. The Hall–Kier alpha value is -0.660. The second-order valence-corrected chi connectivity index (χ2v) is 4.94. The maximum absolute atomic E-state index is 11.8. The highest BCUT2D eigenvalue weighted by Gasteiger charge is 2.27. The molecule has 0 aliphatic heterocycles. The SMILES string of the molecule is FC(F)(F)COCc1csc(CNC2CC2)n1. The molecule has 0 unspecified atom stereocenters. The van der Waals surface area contributed by atoms with E-state index in [0.717, 1.165) is 5.01 Å². The van der Waals surface area contributed by atoms with Gasteiger partial charge in [0, 0.05) is 18.0 Å². The first kappa shape index (κ1) is 12.8. The van der Waals surface area contributed by atoms with Gasteiger partial charge in [0.1, 0.15) is 11.6 Å². The fraction of sp³-hybridized carbons (Fsp3) is 0.700. The summed E-state index contributed by atoms with van der Waals surface area (Å²) in [6.45, 7) is -0.617. The van der Waals surface area contributed by atoms with Crippen LogP contribution in [0, 0.1) is 0 Å². The molecule has 1 heterocycles. The quantitative estimate of drug-likeness (QED) is 0.859. The number of hydrogen-bond acceptors (Lipinski definition) is 4. The summed E-state index contributed by atoms with van der Waals surface area (Å²) in [7, 11) is 0. The molecule has 3 nitrogen and oxygen atoms in total. The molecule has 1 N–H and O–H groups in total. The lowest BCUT2D eigenvalue weighted by Crippen LogP contribution is -2.17. The third kappa shape index (κ3) is 5.01. The van der Waals surface area contributed by atoms with Gasteiger partial charge < -0.3 is 10.1 Å². The molecule has 0 spiro atoms. The van der Waals surface area contributed by atoms with E-state index >= 15 is 0 Å². The van der Waals surface area contributed by atoms with Crippen molar-refractivity contribution in [1.82, 2.24) is 10.3 Å². The molecule has 96 valence electrons. The van der Waals surface area contributed by atoms with Gasteiger partial charge in [0.15, 0.2) is 0 Å². The molecular formula is C10H13F3N2OS. The standard InChI is InChI=1S/C10H13F3N2OS/c11-10(12,13)6-16-4-8-5-17-9(15-8)3-14-7-1-2-7/h5,7,14H,1-4,6H2. The van der Waals surface area contributed by atoms with E-state index in [1.807, 2.05) is 0 Å². The van der Waals surface area contributed by atoms with Crippen molar-refractivity contribution in [2.24, 2.45) is 0 Å². The smallest absolute Gasteiger partial charge is 0.366 e. The molecule has 1 aliphatic carbocycles. The number of hydrogen-bond donors (Lipinski definition) is 1. The Kier molecular flexibility index (Phi) is 4.01. The van der Waals surface area contributed by atoms with Crippen LogP contribution in [0.15, 0.2) is 5.38 Å². The zero-order valence-corrected chi connectivity index (χ0v) is 9.90. The van der Waals surface area contributed by atoms with Crippen molar-refractivity contribution in [2.75, 3.05) is 6.61 Å². The van der Waals surface area contributed by atoms with Gasteiger partial charge in [-0.15, -0.1) is 11.3 Å². The minimum absolute atomic E-state index is 0.0839. The van der Waals surface area contributed by atoms with Crippen LogP contribution in [0.3, 0.4) is 0 Å². The summed E-state index contributed by atoms with van der Waals surface area (Å²) < 4.78 is 40.0. The zero-order chi connectivity index (χ0) is 12.3. The number of aromatic nitrogens is 1. The van der Waals surface area contributed by atoms with E-state index in [-0.39, 0.29) is 6.61 Å². The average molecular weight is 266 g/mol. The van der Waals surface area contributed by atoms with Crippen molar-refractivity contribution in [3.63, 3.8) is 0 Å². The van der Waals surface area contributed by atoms with Gasteiger partial charge in [0.05, 0.1) is 12.3 Å². The topological polar surface area (TPSA) is 34.1 Å². The van der Waals surface area contributed by atoms with E-state index < -0.39 is 12.8 Å². The normalized spacial score (nSPS) is 16.4. The number of thiazole rings is 1. The molecule has 0 atom stereocenters. The van der Waals surface area contributed by atoms with Crippen LogP contribution in [0.2, 0.25) is 0 Å². The summed E-state index contributed by atoms with van der Waals surface area (Å²) in [6, 6.07) is 0.601. The van der Waals surface area contributed by atoms with Crippen LogP contribution in [0.4, 0.5) is 13.2 Å². The van der Waals surface area contributed by atoms with Crippen molar-refractivity contribution in [3.05, 3.63) is 16.1 Å². The van der Waals surface area contributed by atoms with Gasteiger partial charge in [-0.1, -0.05) is 0 Å². The lowest BCUT2D eigenvalue weighted by Gasteiger charge is -2.05. The molecule has 0 amide bonds. The predicted molar refractivity (Wildman–Crippen MR) is 57.7 cm³/mol. The van der Waals surface area contributed by atoms with Crippen LogP contribution in [0.5, 0.6) is 0 Å². The van der Waals surface area contributed by atoms with Gasteiger partial charge in [0.2, 0.25) is 0 Å². The van der Waals surface area contributed by atoms with Crippen LogP contribution in [-0.4, -0.2) is 23.8 Å². The molecule has 0 aromatic carbocycles. The highest BCUT2D eigenvalue weighted by molar-refractivity contribution is 7.09. The first-order valence-electron chi connectivity index (χ1n) is 5.34. The Balaban J connectivity index is 1.69. The van der Waals surface area contributed by atoms with Crippen molar-refractivity contribution in [1.29, 1.82) is 0 Å². The molecule has 0 bridgehead atoms. The second kappa shape index (κ2) is 5.32. The molecule has 1 saturated carbocycles. The summed E-state index contributed by atoms with van der Waals surface area (Å²) in [6.07, 6.45) is -1.87. The summed E-state index contributed by atoms with van der Waals surface area (Å²) in [5.41, 5.74) is 0.562. The monoisotopic (exact) mass is 266 g/mol. The number of ether oxygens (including phenoxy) is 1. The van der Waals surface area contributed by atoms with Crippen LogP contribution < -0.4 is 5.32 Å². The molecule has 0 radical (unpaired) electrons. The number of halogens is 3. The van der Waals surface area contributed by atoms with E-state index in [1.165, 1.54) is 24.2 Å². The largest absolute Gasteiger partial charge is 0.411 e. The Morgan fingerprint density at radius 3 is 2.88 bits per heavy atom. The third-order valence-electron chi connectivity index (χ3n) is 2.23. The Bertz CT molecular complexity index is 363. The van der Waals surface area contributed by atoms with Gasteiger partial charge >= 0.3 is 6.18 Å². The Morgan fingerprint density at radius 1 is 1.47 bits per heavy atom. The lowest BCUT2D eigenvalue weighted by molar-refractivity contribution is -0.176. The molecule has 1 aromatic rings. The second-order valence-electron chi connectivity index (χ2n) is 4.00. The van der Waals surface area contributed by atoms with E-state index in [2.05, 4.69) is 15.0 Å². The van der Waals surface area contributed by atoms with E-state index in [0.29, 0.717) is 18.3 Å². The highest BCUT2D eigenvalue weighted by atomic mass is 32.1. The zero-order valence-electron chi connectivity index (χ0n) is 9.09. The van der Waals surface area contributed by atoms with E-state index in [4.69, 9.17) is 0 Å². The fourth-order valence-corrected chi connectivity index (χ4v) is 2.02. The van der Waals surface area contributed by atoms with E-state index in [9.17, 15) is 13.2 Å². The van der Waals surface area contributed by atoms with Crippen molar-refractivity contribution in [2.45, 2.75) is 38.2 Å². The van der Waals surface area contributed by atoms with Crippen LogP contribution in [0.25, 0.3) is 0 Å². The molecule has 17 heavy (non-hydrogen) atoms. The van der Waals surface area contributed by atoms with Gasteiger partial charge in [0.25, 0.3) is 0 Å². The van der Waals surface area contributed by atoms with Crippen molar-refractivity contribution >= 4 is 11.3 Å². The minimum Gasteiger partial charge on any atom is -0.366 e. The van der Waals surface area contributed by atoms with Gasteiger partial charge in [-0.2, -0.15) is 13.2 Å². The number of alkyl halides is 3. The average Bonchev–Trinajstić information content (AvgIpc) is 2.95. The number of rotatable bonds is 6. The van der Waals surface area contributed by atoms with Gasteiger partial charge in [-0.05, 0) is 12.8 Å². The summed E-state index contributed by atoms with van der Waals surface area (Å²) in [4.78, 5) is 4.19. The van der Waals surface area contributed by atoms with Gasteiger partial charge in [-0.25, -0.2) is 4.98 Å². The van der Waals surface area contributed by atoms with Crippen LogP contribution >= 0.6 is 11.3 Å². The van der Waals surface area contributed by atoms with E-state index in [1.54, 1.807) is 5.38 Å². The van der Waals surface area contributed by atoms with Crippen molar-refractivity contribution < 1.29 is 17.9 Å².